The van der Waals surface area contributed by atoms with Crippen LogP contribution in [0.15, 0.2) is 73.1 Å². The van der Waals surface area contributed by atoms with Gasteiger partial charge >= 0.3 is 6.18 Å². The molecule has 5 aromatic rings. The number of hydrogen-bond donors (Lipinski definition) is 2. The Morgan fingerprint density at radius 1 is 1.00 bits per heavy atom. The van der Waals surface area contributed by atoms with Crippen LogP contribution in [0.5, 0.6) is 0 Å². The smallest absolute Gasteiger partial charge is 0.372 e. The van der Waals surface area contributed by atoms with E-state index in [0.29, 0.717) is 22.1 Å². The average molecular weight is 450 g/mol. The van der Waals surface area contributed by atoms with Crippen molar-refractivity contribution in [1.29, 1.82) is 5.26 Å². The molecule has 5 nitrogen and oxygen atoms in total. The predicted molar refractivity (Wildman–Crippen MR) is 113 cm³/mol. The second-order valence-corrected chi connectivity index (χ2v) is 7.59. The van der Waals surface area contributed by atoms with Gasteiger partial charge in [-0.25, -0.2) is 9.07 Å². The van der Waals surface area contributed by atoms with Gasteiger partial charge in [-0.05, 0) is 60.2 Å². The van der Waals surface area contributed by atoms with Crippen LogP contribution >= 0.6 is 0 Å². The molecular weight excluding hydrogens is 436 g/mol. The molecule has 0 saturated heterocycles. The first kappa shape index (κ1) is 20.7. The molecule has 1 unspecified atom stereocenters. The van der Waals surface area contributed by atoms with Crippen molar-refractivity contribution < 1.29 is 22.7 Å². The largest absolute Gasteiger partial charge is 0.425 e. The highest BCUT2D eigenvalue weighted by Crippen LogP contribution is 2.47. The Bertz CT molecular complexity index is 1540. The van der Waals surface area contributed by atoms with Crippen LogP contribution in [-0.4, -0.2) is 26.0 Å². The van der Waals surface area contributed by atoms with E-state index in [4.69, 9.17) is 5.26 Å². The zero-order chi connectivity index (χ0) is 23.4. The zero-order valence-corrected chi connectivity index (χ0v) is 16.7. The van der Waals surface area contributed by atoms with Crippen molar-refractivity contribution in [2.75, 3.05) is 0 Å². The highest BCUT2D eigenvalue weighted by molar-refractivity contribution is 5.87. The molecule has 0 saturated carbocycles. The van der Waals surface area contributed by atoms with E-state index >= 15 is 0 Å². The van der Waals surface area contributed by atoms with Gasteiger partial charge in [0, 0.05) is 28.0 Å². The van der Waals surface area contributed by atoms with Crippen molar-refractivity contribution in [1.82, 2.24) is 14.8 Å². The normalized spacial score (nSPS) is 13.8. The molecule has 0 amide bonds. The molecule has 0 spiro atoms. The molecule has 5 rings (SSSR count). The molecule has 2 N–H and O–H groups in total. The third-order valence-corrected chi connectivity index (χ3v) is 5.67. The van der Waals surface area contributed by atoms with Gasteiger partial charge < -0.3 is 10.1 Å². The summed E-state index contributed by atoms with van der Waals surface area (Å²) in [7, 11) is 0. The first-order valence-electron chi connectivity index (χ1n) is 9.77. The summed E-state index contributed by atoms with van der Waals surface area (Å²) in [5.74, 6) is -0.425. The molecular formula is C24H14F4N4O. The molecule has 0 bridgehead atoms. The first-order chi connectivity index (χ1) is 15.7. The van der Waals surface area contributed by atoms with E-state index in [1.165, 1.54) is 71.5 Å². The molecule has 0 aliphatic rings. The van der Waals surface area contributed by atoms with E-state index in [0.717, 1.165) is 6.20 Å². The first-order valence-corrected chi connectivity index (χ1v) is 9.77. The maximum atomic E-state index is 14.4. The fourth-order valence-electron chi connectivity index (χ4n) is 4.01. The average Bonchev–Trinajstić information content (AvgIpc) is 3.42. The van der Waals surface area contributed by atoms with Gasteiger partial charge in [0.15, 0.2) is 0 Å². The monoisotopic (exact) mass is 450 g/mol. The van der Waals surface area contributed by atoms with Crippen LogP contribution in [0.3, 0.4) is 0 Å². The Morgan fingerprint density at radius 2 is 1.76 bits per heavy atom. The van der Waals surface area contributed by atoms with E-state index in [-0.39, 0.29) is 10.9 Å². The second-order valence-electron chi connectivity index (χ2n) is 7.59. The van der Waals surface area contributed by atoms with E-state index in [9.17, 15) is 22.7 Å². The molecule has 1 atom stereocenters. The number of benzene rings is 3. The SMILES string of the molecule is N#Cc1ccc2[nH]cc(C(O)(c3ccc4c(cnn4-c4ccc(F)cc4)c3)C(F)(F)F)c2c1. The predicted octanol–water partition coefficient (Wildman–Crippen LogP) is 5.32. The Morgan fingerprint density at radius 3 is 2.45 bits per heavy atom. The Labute approximate surface area is 184 Å². The quantitative estimate of drug-likeness (QED) is 0.366. The van der Waals surface area contributed by atoms with E-state index in [1.807, 2.05) is 6.07 Å². The summed E-state index contributed by atoms with van der Waals surface area (Å²) in [5.41, 5.74) is -2.60. The topological polar surface area (TPSA) is 77.6 Å². The minimum absolute atomic E-state index is 0.0935. The number of rotatable bonds is 3. The van der Waals surface area contributed by atoms with Crippen molar-refractivity contribution in [2.24, 2.45) is 0 Å². The Balaban J connectivity index is 1.70. The van der Waals surface area contributed by atoms with Crippen molar-refractivity contribution in [2.45, 2.75) is 11.8 Å². The van der Waals surface area contributed by atoms with Crippen molar-refractivity contribution in [3.63, 3.8) is 0 Å². The maximum absolute atomic E-state index is 14.4. The molecule has 3 aromatic carbocycles. The van der Waals surface area contributed by atoms with Gasteiger partial charge in [0.1, 0.15) is 5.82 Å². The van der Waals surface area contributed by atoms with Gasteiger partial charge in [0.2, 0.25) is 5.60 Å². The van der Waals surface area contributed by atoms with Crippen LogP contribution in [0.2, 0.25) is 0 Å². The summed E-state index contributed by atoms with van der Waals surface area (Å²) < 4.78 is 57.9. The molecule has 2 aromatic heterocycles. The standard InChI is InChI=1S/C24H14F4N4O/c25-17-3-5-18(6-4-17)32-22-8-2-16(10-15(22)12-31-32)23(33,24(26,27)28)20-13-30-21-7-1-14(11-29)9-19(20)21/h1-10,12-13,30,33H. The number of nitriles is 1. The zero-order valence-electron chi connectivity index (χ0n) is 16.7. The number of nitrogens with zero attached hydrogens (tertiary/aromatic N) is 3. The van der Waals surface area contributed by atoms with Crippen molar-refractivity contribution >= 4 is 21.8 Å². The summed E-state index contributed by atoms with van der Waals surface area (Å²) in [6.45, 7) is 0. The lowest BCUT2D eigenvalue weighted by Gasteiger charge is -2.31. The highest BCUT2D eigenvalue weighted by atomic mass is 19.4. The van der Waals surface area contributed by atoms with Gasteiger partial charge in [-0.2, -0.15) is 23.5 Å². The lowest BCUT2D eigenvalue weighted by atomic mass is 9.84. The van der Waals surface area contributed by atoms with E-state index in [2.05, 4.69) is 10.1 Å². The molecule has 0 radical (unpaired) electrons. The van der Waals surface area contributed by atoms with Crippen LogP contribution in [0.4, 0.5) is 17.6 Å². The Hall–Kier alpha value is -4.16. The lowest BCUT2D eigenvalue weighted by Crippen LogP contribution is -2.43. The lowest BCUT2D eigenvalue weighted by molar-refractivity contribution is -0.247. The molecule has 2 heterocycles. The summed E-state index contributed by atoms with van der Waals surface area (Å²) in [4.78, 5) is 2.74. The number of aromatic nitrogens is 3. The summed E-state index contributed by atoms with van der Waals surface area (Å²) in [6.07, 6.45) is -2.58. The van der Waals surface area contributed by atoms with Gasteiger partial charge in [0.05, 0.1) is 29.0 Å². The van der Waals surface area contributed by atoms with Gasteiger partial charge in [0.25, 0.3) is 0 Å². The fraction of sp³-hybridized carbons (Fsp3) is 0.0833. The third-order valence-electron chi connectivity index (χ3n) is 5.67. The summed E-state index contributed by atoms with van der Waals surface area (Å²) >= 11 is 0. The van der Waals surface area contributed by atoms with Crippen LogP contribution in [-0.2, 0) is 5.60 Å². The molecule has 0 aliphatic heterocycles. The van der Waals surface area contributed by atoms with Crippen LogP contribution < -0.4 is 0 Å². The number of H-pyrrole nitrogens is 1. The van der Waals surface area contributed by atoms with E-state index < -0.39 is 28.7 Å². The second kappa shape index (κ2) is 7.18. The number of alkyl halides is 3. The number of aliphatic hydroxyl groups is 1. The van der Waals surface area contributed by atoms with Gasteiger partial charge in [-0.15, -0.1) is 0 Å². The van der Waals surface area contributed by atoms with Crippen LogP contribution in [0, 0.1) is 17.1 Å². The molecule has 0 fully saturated rings. The fourth-order valence-corrected chi connectivity index (χ4v) is 4.01. The summed E-state index contributed by atoms with van der Waals surface area (Å²) in [5, 5.41) is 25.0. The minimum Gasteiger partial charge on any atom is -0.372 e. The van der Waals surface area contributed by atoms with E-state index in [1.54, 1.807) is 0 Å². The molecule has 0 aliphatic carbocycles. The summed E-state index contributed by atoms with van der Waals surface area (Å²) in [6, 6.07) is 15.5. The van der Waals surface area contributed by atoms with Crippen molar-refractivity contribution in [3.05, 3.63) is 95.6 Å². The minimum atomic E-state index is -5.06. The Kier molecular flexibility index (Phi) is 4.51. The number of aromatic amines is 1. The van der Waals surface area contributed by atoms with Crippen LogP contribution in [0.25, 0.3) is 27.5 Å². The number of fused-ring (bicyclic) bond motifs is 2. The number of halogens is 4. The van der Waals surface area contributed by atoms with Gasteiger partial charge in [-0.1, -0.05) is 6.07 Å². The number of hydrogen-bond acceptors (Lipinski definition) is 3. The molecule has 164 valence electrons. The molecule has 33 heavy (non-hydrogen) atoms. The third kappa shape index (κ3) is 3.15. The highest BCUT2D eigenvalue weighted by Gasteiger charge is 2.57. The molecule has 9 heteroatoms. The number of nitrogens with one attached hydrogen (secondary N) is 1. The maximum Gasteiger partial charge on any atom is 0.425 e. The van der Waals surface area contributed by atoms with Crippen LogP contribution in [0.1, 0.15) is 16.7 Å². The van der Waals surface area contributed by atoms with Gasteiger partial charge in [-0.3, -0.25) is 0 Å². The van der Waals surface area contributed by atoms with Crippen molar-refractivity contribution in [3.8, 4) is 11.8 Å².